The van der Waals surface area contributed by atoms with Gasteiger partial charge in [0.1, 0.15) is 40.0 Å². The van der Waals surface area contributed by atoms with Gasteiger partial charge in [0.15, 0.2) is 5.82 Å². The summed E-state index contributed by atoms with van der Waals surface area (Å²) in [4.78, 5) is 18.6. The molecule has 0 saturated heterocycles. The van der Waals surface area contributed by atoms with E-state index in [1.165, 1.54) is 17.9 Å². The average Bonchev–Trinajstić information content (AvgIpc) is 2.65. The van der Waals surface area contributed by atoms with Crippen molar-refractivity contribution in [2.24, 2.45) is 0 Å². The predicted octanol–water partition coefficient (Wildman–Crippen LogP) is 4.93. The monoisotopic (exact) mass is 521 g/mol. The Morgan fingerprint density at radius 3 is 2.32 bits per heavy atom. The Hall–Kier alpha value is -2.59. The van der Waals surface area contributed by atoms with Crippen LogP contribution in [-0.2, 0) is 6.61 Å². The zero-order chi connectivity index (χ0) is 22.2. The van der Waals surface area contributed by atoms with Crippen molar-refractivity contribution in [2.45, 2.75) is 13.5 Å². The molecule has 0 saturated carbocycles. The van der Waals surface area contributed by atoms with Crippen LogP contribution in [0.25, 0.3) is 5.69 Å². The van der Waals surface area contributed by atoms with Crippen LogP contribution < -0.4 is 15.2 Å². The van der Waals surface area contributed by atoms with Crippen molar-refractivity contribution in [2.75, 3.05) is 19.0 Å². The van der Waals surface area contributed by atoms with Gasteiger partial charge in [0, 0.05) is 31.8 Å². The molecule has 0 atom stereocenters. The molecule has 0 unspecified atom stereocenters. The van der Waals surface area contributed by atoms with Crippen LogP contribution in [0.2, 0.25) is 0 Å². The second-order valence-electron chi connectivity index (χ2n) is 6.59. The molecule has 0 amide bonds. The zero-order valence-electron chi connectivity index (χ0n) is 16.6. The van der Waals surface area contributed by atoms with Gasteiger partial charge in [-0.2, -0.15) is 4.98 Å². The van der Waals surface area contributed by atoms with Gasteiger partial charge in [-0.25, -0.2) is 17.6 Å². The molecule has 1 aromatic heterocycles. The van der Waals surface area contributed by atoms with Gasteiger partial charge in [0.25, 0.3) is 5.56 Å². The first-order chi connectivity index (χ1) is 14.1. The molecule has 31 heavy (non-hydrogen) atoms. The van der Waals surface area contributed by atoms with Crippen LogP contribution in [0.3, 0.4) is 0 Å². The highest BCUT2D eigenvalue weighted by Gasteiger charge is 2.22. The molecule has 0 radical (unpaired) electrons. The van der Waals surface area contributed by atoms with E-state index in [0.717, 1.165) is 16.7 Å². The molecule has 0 spiro atoms. The number of aromatic nitrogens is 2. The SMILES string of the molecule is Cc1nc(OCc2ccc(F)cc2F)c(Br)c(=O)n1-c1c(F)cc(F)cc1N(C)C.Cl. The number of anilines is 1. The zero-order valence-corrected chi connectivity index (χ0v) is 19.0. The third-order valence-corrected chi connectivity index (χ3v) is 4.94. The summed E-state index contributed by atoms with van der Waals surface area (Å²) in [7, 11) is 3.16. The van der Waals surface area contributed by atoms with E-state index in [4.69, 9.17) is 4.74 Å². The Bertz CT molecular complexity index is 1190. The van der Waals surface area contributed by atoms with Crippen LogP contribution in [0, 0.1) is 30.2 Å². The van der Waals surface area contributed by atoms with Crippen LogP contribution in [0.15, 0.2) is 39.6 Å². The van der Waals surface area contributed by atoms with Crippen LogP contribution in [-0.4, -0.2) is 23.6 Å². The Morgan fingerprint density at radius 2 is 1.71 bits per heavy atom. The van der Waals surface area contributed by atoms with E-state index in [-0.39, 0.29) is 52.1 Å². The van der Waals surface area contributed by atoms with Crippen molar-refractivity contribution in [3.05, 3.63) is 79.8 Å². The van der Waals surface area contributed by atoms with Crippen LogP contribution in [0.4, 0.5) is 23.2 Å². The van der Waals surface area contributed by atoms with Crippen molar-refractivity contribution in [3.63, 3.8) is 0 Å². The van der Waals surface area contributed by atoms with E-state index in [1.807, 2.05) is 0 Å². The van der Waals surface area contributed by atoms with Gasteiger partial charge in [0.2, 0.25) is 5.88 Å². The molecular weight excluding hydrogens is 506 g/mol. The largest absolute Gasteiger partial charge is 0.472 e. The van der Waals surface area contributed by atoms with Crippen LogP contribution in [0.5, 0.6) is 5.88 Å². The van der Waals surface area contributed by atoms with Gasteiger partial charge in [-0.1, -0.05) is 0 Å². The molecule has 1 heterocycles. The fourth-order valence-electron chi connectivity index (χ4n) is 2.84. The molecule has 0 N–H and O–H groups in total. The molecule has 0 aliphatic rings. The van der Waals surface area contributed by atoms with Crippen LogP contribution in [0.1, 0.15) is 11.4 Å². The smallest absolute Gasteiger partial charge is 0.276 e. The third-order valence-electron chi connectivity index (χ3n) is 4.26. The molecular formula is C20H17BrClF4N3O2. The first-order valence-electron chi connectivity index (χ1n) is 8.62. The quantitative estimate of drug-likeness (QED) is 0.446. The van der Waals surface area contributed by atoms with E-state index in [2.05, 4.69) is 20.9 Å². The first kappa shape index (κ1) is 24.7. The number of halogens is 6. The lowest BCUT2D eigenvalue weighted by molar-refractivity contribution is 0.283. The maximum absolute atomic E-state index is 14.6. The minimum absolute atomic E-state index is 0. The fourth-order valence-corrected chi connectivity index (χ4v) is 3.22. The lowest BCUT2D eigenvalue weighted by Gasteiger charge is -2.21. The van der Waals surface area contributed by atoms with Crippen LogP contribution >= 0.6 is 28.3 Å². The minimum Gasteiger partial charge on any atom is -0.472 e. The number of aryl methyl sites for hydroxylation is 1. The lowest BCUT2D eigenvalue weighted by atomic mass is 10.2. The maximum Gasteiger partial charge on any atom is 0.276 e. The highest BCUT2D eigenvalue weighted by molar-refractivity contribution is 9.10. The van der Waals surface area contributed by atoms with Gasteiger partial charge in [0.05, 0.1) is 5.69 Å². The second kappa shape index (κ2) is 9.69. The molecule has 3 rings (SSSR count). The van der Waals surface area contributed by atoms with Gasteiger partial charge >= 0.3 is 0 Å². The molecule has 0 fully saturated rings. The molecule has 0 aliphatic carbocycles. The summed E-state index contributed by atoms with van der Waals surface area (Å²) in [5.74, 6) is -3.36. The van der Waals surface area contributed by atoms with Gasteiger partial charge in [-0.3, -0.25) is 9.36 Å². The van der Waals surface area contributed by atoms with E-state index in [9.17, 15) is 22.4 Å². The summed E-state index contributed by atoms with van der Waals surface area (Å²) in [6.45, 7) is 1.13. The first-order valence-corrected chi connectivity index (χ1v) is 9.42. The normalized spacial score (nSPS) is 10.6. The number of ether oxygens (including phenoxy) is 1. The van der Waals surface area contributed by atoms with Gasteiger partial charge < -0.3 is 9.64 Å². The highest BCUT2D eigenvalue weighted by atomic mass is 79.9. The topological polar surface area (TPSA) is 47.4 Å². The Labute approximate surface area is 189 Å². The maximum atomic E-state index is 14.6. The molecule has 0 aliphatic heterocycles. The highest BCUT2D eigenvalue weighted by Crippen LogP contribution is 2.29. The summed E-state index contributed by atoms with van der Waals surface area (Å²) in [6.07, 6.45) is 0. The second-order valence-corrected chi connectivity index (χ2v) is 7.39. The Balaban J connectivity index is 0.00000341. The van der Waals surface area contributed by atoms with Crippen molar-refractivity contribution >= 4 is 34.0 Å². The fraction of sp³-hybridized carbons (Fsp3) is 0.200. The van der Waals surface area contributed by atoms with E-state index < -0.39 is 28.8 Å². The van der Waals surface area contributed by atoms with Crippen molar-refractivity contribution in [1.82, 2.24) is 9.55 Å². The molecule has 11 heteroatoms. The number of hydrogen-bond acceptors (Lipinski definition) is 4. The van der Waals surface area contributed by atoms with Gasteiger partial charge in [-0.05, 0) is 41.1 Å². The third kappa shape index (κ3) is 5.01. The van der Waals surface area contributed by atoms with Crippen molar-refractivity contribution < 1.29 is 22.3 Å². The predicted molar refractivity (Wildman–Crippen MR) is 114 cm³/mol. The summed E-state index contributed by atoms with van der Waals surface area (Å²) in [5, 5.41) is 0. The number of hydrogen-bond donors (Lipinski definition) is 0. The summed E-state index contributed by atoms with van der Waals surface area (Å²) >= 11 is 3.08. The van der Waals surface area contributed by atoms with E-state index in [1.54, 1.807) is 14.1 Å². The Kier molecular flexibility index (Phi) is 7.72. The molecule has 3 aromatic rings. The summed E-state index contributed by atoms with van der Waals surface area (Å²) < 4.78 is 61.4. The standard InChI is InChI=1S/C20H16BrF4N3O2.ClH/c1-10-26-19(30-9-11-4-5-12(22)6-14(11)24)17(21)20(29)28(10)18-15(25)7-13(23)8-16(18)27(2)3;/h4-8H,9H2,1-3H3;1H. The molecule has 5 nitrogen and oxygen atoms in total. The molecule has 2 aromatic carbocycles. The molecule has 166 valence electrons. The number of benzene rings is 2. The van der Waals surface area contributed by atoms with E-state index >= 15 is 0 Å². The molecule has 0 bridgehead atoms. The van der Waals surface area contributed by atoms with Crippen molar-refractivity contribution in [3.8, 4) is 11.6 Å². The average molecular weight is 523 g/mol. The van der Waals surface area contributed by atoms with Gasteiger partial charge in [-0.15, -0.1) is 12.4 Å². The lowest BCUT2D eigenvalue weighted by Crippen LogP contribution is -2.27. The number of rotatable bonds is 5. The Morgan fingerprint density at radius 1 is 1.06 bits per heavy atom. The minimum atomic E-state index is -0.945. The summed E-state index contributed by atoms with van der Waals surface area (Å²) in [6, 6.07) is 4.77. The van der Waals surface area contributed by atoms with E-state index in [0.29, 0.717) is 12.1 Å². The van der Waals surface area contributed by atoms with Crippen molar-refractivity contribution in [1.29, 1.82) is 0 Å². The summed E-state index contributed by atoms with van der Waals surface area (Å²) in [5.41, 5.74) is -0.682. The number of nitrogens with zero attached hydrogens (tertiary/aromatic N) is 3.